The van der Waals surface area contributed by atoms with Crippen LogP contribution in [0.25, 0.3) is 5.69 Å². The van der Waals surface area contributed by atoms with E-state index in [4.69, 9.17) is 4.74 Å². The lowest BCUT2D eigenvalue weighted by Gasteiger charge is -2.19. The number of hydrogen-bond donors (Lipinski definition) is 0. The zero-order valence-electron chi connectivity index (χ0n) is 17.1. The van der Waals surface area contributed by atoms with Gasteiger partial charge in [0.2, 0.25) is 0 Å². The van der Waals surface area contributed by atoms with Crippen molar-refractivity contribution in [1.29, 1.82) is 0 Å². The summed E-state index contributed by atoms with van der Waals surface area (Å²) in [6, 6.07) is 11.8. The minimum Gasteiger partial charge on any atom is -0.487 e. The Balaban J connectivity index is 1.56. The standard InChI is InChI=1S/C23H26N4O2/c1-16(2)22-20(14-25-27(22)21-9-5-4-7-17(21)3)23(28)26-12-10-19(15-26)29-18-8-6-11-24-13-18/h4-9,11,13-14,16,19H,10,12,15H2,1-3H3. The maximum atomic E-state index is 13.3. The molecule has 1 atom stereocenters. The van der Waals surface area contributed by atoms with Crippen LogP contribution in [0.15, 0.2) is 55.0 Å². The van der Waals surface area contributed by atoms with Gasteiger partial charge in [0, 0.05) is 19.2 Å². The van der Waals surface area contributed by atoms with E-state index >= 15 is 0 Å². The van der Waals surface area contributed by atoms with Crippen molar-refractivity contribution in [3.63, 3.8) is 0 Å². The number of ether oxygens (including phenoxy) is 1. The van der Waals surface area contributed by atoms with E-state index in [1.54, 1.807) is 18.6 Å². The number of nitrogens with zero attached hydrogens (tertiary/aromatic N) is 4. The van der Waals surface area contributed by atoms with Crippen LogP contribution < -0.4 is 4.74 Å². The van der Waals surface area contributed by atoms with Crippen molar-refractivity contribution >= 4 is 5.91 Å². The third-order valence-corrected chi connectivity index (χ3v) is 5.30. The molecular formula is C23H26N4O2. The van der Waals surface area contributed by atoms with Gasteiger partial charge in [0.1, 0.15) is 11.9 Å². The molecule has 150 valence electrons. The van der Waals surface area contributed by atoms with Crippen LogP contribution in [0.1, 0.15) is 47.8 Å². The number of aryl methyl sites for hydroxylation is 1. The second-order valence-corrected chi connectivity index (χ2v) is 7.76. The molecule has 0 N–H and O–H groups in total. The van der Waals surface area contributed by atoms with Gasteiger partial charge in [-0.1, -0.05) is 32.0 Å². The molecule has 1 saturated heterocycles. The monoisotopic (exact) mass is 390 g/mol. The minimum atomic E-state index is -0.0166. The Morgan fingerprint density at radius 2 is 2.00 bits per heavy atom. The van der Waals surface area contributed by atoms with E-state index in [1.807, 2.05) is 39.9 Å². The molecule has 0 bridgehead atoms. The van der Waals surface area contributed by atoms with E-state index < -0.39 is 0 Å². The zero-order chi connectivity index (χ0) is 20.4. The first-order chi connectivity index (χ1) is 14.0. The normalized spacial score (nSPS) is 16.4. The quantitative estimate of drug-likeness (QED) is 0.661. The van der Waals surface area contributed by atoms with Crippen molar-refractivity contribution in [2.45, 2.75) is 39.2 Å². The van der Waals surface area contributed by atoms with Gasteiger partial charge < -0.3 is 9.64 Å². The van der Waals surface area contributed by atoms with Crippen LogP contribution in [0.4, 0.5) is 0 Å². The highest BCUT2D eigenvalue weighted by molar-refractivity contribution is 5.95. The maximum absolute atomic E-state index is 13.3. The Kier molecular flexibility index (Phi) is 5.34. The molecular weight excluding hydrogens is 364 g/mol. The largest absolute Gasteiger partial charge is 0.487 e. The molecule has 2 aromatic heterocycles. The van der Waals surface area contributed by atoms with Crippen molar-refractivity contribution in [1.82, 2.24) is 19.7 Å². The van der Waals surface area contributed by atoms with Crippen LogP contribution in [-0.4, -0.2) is 44.8 Å². The SMILES string of the molecule is Cc1ccccc1-n1ncc(C(=O)N2CCC(Oc3cccnc3)C2)c1C(C)C. The first-order valence-electron chi connectivity index (χ1n) is 10.0. The van der Waals surface area contributed by atoms with Crippen LogP contribution in [0.2, 0.25) is 0 Å². The van der Waals surface area contributed by atoms with Gasteiger partial charge in [-0.05, 0) is 36.6 Å². The summed E-state index contributed by atoms with van der Waals surface area (Å²) in [5.74, 6) is 0.925. The smallest absolute Gasteiger partial charge is 0.257 e. The van der Waals surface area contributed by atoms with Crippen LogP contribution in [0, 0.1) is 6.92 Å². The van der Waals surface area contributed by atoms with Crippen molar-refractivity contribution in [3.8, 4) is 11.4 Å². The molecule has 29 heavy (non-hydrogen) atoms. The third-order valence-electron chi connectivity index (χ3n) is 5.30. The maximum Gasteiger partial charge on any atom is 0.257 e. The lowest BCUT2D eigenvalue weighted by atomic mass is 10.0. The molecule has 3 aromatic rings. The molecule has 4 rings (SSSR count). The predicted molar refractivity (Wildman–Crippen MR) is 112 cm³/mol. The Hall–Kier alpha value is -3.15. The van der Waals surface area contributed by atoms with E-state index in [2.05, 4.69) is 36.9 Å². The first kappa shape index (κ1) is 19.2. The molecule has 1 fully saturated rings. The number of likely N-dealkylation sites (tertiary alicyclic amines) is 1. The number of aromatic nitrogens is 3. The number of amides is 1. The lowest BCUT2D eigenvalue weighted by Crippen LogP contribution is -2.31. The van der Waals surface area contributed by atoms with Crippen LogP contribution >= 0.6 is 0 Å². The molecule has 0 radical (unpaired) electrons. The molecule has 0 saturated carbocycles. The molecule has 1 unspecified atom stereocenters. The number of rotatable bonds is 5. The Bertz CT molecular complexity index is 997. The number of carbonyl (C=O) groups excluding carboxylic acids is 1. The lowest BCUT2D eigenvalue weighted by molar-refractivity contribution is 0.0770. The van der Waals surface area contributed by atoms with Gasteiger partial charge in [0.25, 0.3) is 5.91 Å². The molecule has 1 aliphatic rings. The highest BCUT2D eigenvalue weighted by atomic mass is 16.5. The average Bonchev–Trinajstić information content (AvgIpc) is 3.36. The fourth-order valence-corrected chi connectivity index (χ4v) is 3.86. The second-order valence-electron chi connectivity index (χ2n) is 7.76. The van der Waals surface area contributed by atoms with E-state index in [0.717, 1.165) is 29.1 Å². The van der Waals surface area contributed by atoms with Gasteiger partial charge in [-0.2, -0.15) is 5.10 Å². The first-order valence-corrected chi connectivity index (χ1v) is 10.0. The summed E-state index contributed by atoms with van der Waals surface area (Å²) >= 11 is 0. The molecule has 3 heterocycles. The third kappa shape index (κ3) is 3.88. The van der Waals surface area contributed by atoms with E-state index in [1.165, 1.54) is 0 Å². The van der Waals surface area contributed by atoms with Gasteiger partial charge in [-0.3, -0.25) is 9.78 Å². The molecule has 6 heteroatoms. The van der Waals surface area contributed by atoms with Crippen LogP contribution in [0.5, 0.6) is 5.75 Å². The Morgan fingerprint density at radius 1 is 1.17 bits per heavy atom. The fourth-order valence-electron chi connectivity index (χ4n) is 3.86. The van der Waals surface area contributed by atoms with E-state index in [0.29, 0.717) is 18.7 Å². The number of carbonyl (C=O) groups is 1. The van der Waals surface area contributed by atoms with Gasteiger partial charge in [0.15, 0.2) is 0 Å². The summed E-state index contributed by atoms with van der Waals surface area (Å²) in [4.78, 5) is 19.3. The topological polar surface area (TPSA) is 60.2 Å². The highest BCUT2D eigenvalue weighted by Gasteiger charge is 2.31. The summed E-state index contributed by atoms with van der Waals surface area (Å²) in [7, 11) is 0. The summed E-state index contributed by atoms with van der Waals surface area (Å²) in [5, 5.41) is 4.58. The van der Waals surface area contributed by atoms with Gasteiger partial charge in [-0.15, -0.1) is 0 Å². The Morgan fingerprint density at radius 3 is 2.72 bits per heavy atom. The van der Waals surface area contributed by atoms with Crippen molar-refractivity contribution in [2.75, 3.05) is 13.1 Å². The zero-order valence-corrected chi connectivity index (χ0v) is 17.1. The number of benzene rings is 1. The summed E-state index contributed by atoms with van der Waals surface area (Å²) < 4.78 is 7.89. The molecule has 6 nitrogen and oxygen atoms in total. The second kappa shape index (κ2) is 8.07. The van der Waals surface area contributed by atoms with Crippen LogP contribution in [0.3, 0.4) is 0 Å². The number of para-hydroxylation sites is 1. The molecule has 1 aromatic carbocycles. The van der Waals surface area contributed by atoms with Gasteiger partial charge >= 0.3 is 0 Å². The van der Waals surface area contributed by atoms with Crippen LogP contribution in [-0.2, 0) is 0 Å². The van der Waals surface area contributed by atoms with Gasteiger partial charge in [0.05, 0.1) is 35.9 Å². The van der Waals surface area contributed by atoms with Crippen molar-refractivity contribution in [3.05, 3.63) is 71.8 Å². The fraction of sp³-hybridized carbons (Fsp3) is 0.348. The number of pyridine rings is 1. The van der Waals surface area contributed by atoms with Crippen molar-refractivity contribution < 1.29 is 9.53 Å². The molecule has 0 aliphatic carbocycles. The summed E-state index contributed by atoms with van der Waals surface area (Å²) in [6.07, 6.45) is 5.92. The average molecular weight is 390 g/mol. The molecule has 1 aliphatic heterocycles. The molecule has 1 amide bonds. The molecule has 0 spiro atoms. The predicted octanol–water partition coefficient (Wildman–Crippen LogP) is 3.99. The van der Waals surface area contributed by atoms with Crippen molar-refractivity contribution in [2.24, 2.45) is 0 Å². The van der Waals surface area contributed by atoms with Gasteiger partial charge in [-0.25, -0.2) is 4.68 Å². The minimum absolute atomic E-state index is 0.0166. The highest BCUT2D eigenvalue weighted by Crippen LogP contribution is 2.27. The van der Waals surface area contributed by atoms with E-state index in [9.17, 15) is 4.79 Å². The van der Waals surface area contributed by atoms with E-state index in [-0.39, 0.29) is 17.9 Å². The Labute approximate surface area is 171 Å². The summed E-state index contributed by atoms with van der Waals surface area (Å²) in [6.45, 7) is 7.50. The number of hydrogen-bond acceptors (Lipinski definition) is 4. The summed E-state index contributed by atoms with van der Waals surface area (Å²) in [5.41, 5.74) is 3.75.